The molecule has 0 aliphatic rings. The normalized spacial score (nSPS) is 10.9. The maximum atomic E-state index is 12.6. The summed E-state index contributed by atoms with van der Waals surface area (Å²) in [6.07, 6.45) is 40.0. The summed E-state index contributed by atoms with van der Waals surface area (Å²) >= 11 is 0. The zero-order valence-corrected chi connectivity index (χ0v) is 42.0. The van der Waals surface area contributed by atoms with Crippen LogP contribution in [0.4, 0.5) is 0 Å². The molecular weight excluding hydrogens is 792 g/mol. The van der Waals surface area contributed by atoms with Gasteiger partial charge in [-0.2, -0.15) is 6.61 Å². The van der Waals surface area contributed by atoms with Crippen molar-refractivity contribution in [3.8, 4) is 0 Å². The van der Waals surface area contributed by atoms with Crippen LogP contribution in [0.25, 0.3) is 0 Å². The SMILES string of the molecule is CC(C)C(C)C.CCC.CCCCCCCC[CH-]OC(=O)CCCCCCCNCCCCCCCC(=O)OC(CCCCCCCC)CCCCCCCC.[Ru+]. The molecule has 5 nitrogen and oxygen atoms in total. The van der Waals surface area contributed by atoms with E-state index in [0.717, 1.165) is 76.3 Å². The second kappa shape index (κ2) is 55.5. The van der Waals surface area contributed by atoms with Gasteiger partial charge in [0.15, 0.2) is 0 Å². The molecular formula is C51H104NO4Ru. The maximum Gasteiger partial charge on any atom is 1.00 e. The smallest absolute Gasteiger partial charge is 0.637 e. The van der Waals surface area contributed by atoms with Gasteiger partial charge in [-0.1, -0.05) is 210 Å². The van der Waals surface area contributed by atoms with Crippen molar-refractivity contribution in [2.75, 3.05) is 13.1 Å². The molecule has 0 rings (SSSR count). The fraction of sp³-hybridized carbons (Fsp3) is 0.941. The van der Waals surface area contributed by atoms with E-state index in [2.05, 4.69) is 67.6 Å². The Balaban J connectivity index is -0.00000125. The van der Waals surface area contributed by atoms with Crippen molar-refractivity contribution in [2.45, 2.75) is 287 Å². The van der Waals surface area contributed by atoms with Crippen LogP contribution in [0.5, 0.6) is 0 Å². The Hall–Kier alpha value is -0.477. The summed E-state index contributed by atoms with van der Waals surface area (Å²) in [6.45, 7) is 23.9. The van der Waals surface area contributed by atoms with Crippen LogP contribution >= 0.6 is 0 Å². The Bertz CT molecular complexity index is 725. The van der Waals surface area contributed by atoms with Crippen LogP contribution < -0.4 is 5.32 Å². The minimum atomic E-state index is -0.0659. The van der Waals surface area contributed by atoms with Crippen LogP contribution in [0, 0.1) is 18.4 Å². The molecule has 0 unspecified atom stereocenters. The first-order chi connectivity index (χ1) is 27.2. The second-order valence-corrected chi connectivity index (χ2v) is 17.4. The Morgan fingerprint density at radius 2 is 0.789 bits per heavy atom. The average molecular weight is 896 g/mol. The van der Waals surface area contributed by atoms with Gasteiger partial charge in [0.1, 0.15) is 6.10 Å². The minimum absolute atomic E-state index is 0. The number of ether oxygens (including phenoxy) is 2. The van der Waals surface area contributed by atoms with E-state index < -0.39 is 0 Å². The van der Waals surface area contributed by atoms with Crippen molar-refractivity contribution in [2.24, 2.45) is 11.8 Å². The molecule has 0 fully saturated rings. The first kappa shape index (κ1) is 63.2. The van der Waals surface area contributed by atoms with Gasteiger partial charge in [0, 0.05) is 12.8 Å². The number of hydrogen-bond acceptors (Lipinski definition) is 5. The first-order valence-electron chi connectivity index (χ1n) is 25.1. The quantitative estimate of drug-likeness (QED) is 0.0287. The molecule has 345 valence electrons. The van der Waals surface area contributed by atoms with E-state index in [9.17, 15) is 9.59 Å². The van der Waals surface area contributed by atoms with Gasteiger partial charge in [-0.05, 0) is 76.3 Å². The van der Waals surface area contributed by atoms with E-state index in [-0.39, 0.29) is 37.5 Å². The molecule has 0 aromatic carbocycles. The summed E-state index contributed by atoms with van der Waals surface area (Å²) in [5.41, 5.74) is 0. The minimum Gasteiger partial charge on any atom is -0.637 e. The van der Waals surface area contributed by atoms with Crippen LogP contribution in [0.1, 0.15) is 281 Å². The third-order valence-electron chi connectivity index (χ3n) is 10.7. The van der Waals surface area contributed by atoms with Crippen LogP contribution in [-0.2, 0) is 38.5 Å². The number of hydrogen-bond donors (Lipinski definition) is 1. The molecule has 6 heteroatoms. The zero-order chi connectivity index (χ0) is 42.2. The largest absolute Gasteiger partial charge is 1.00 e. The monoisotopic (exact) mass is 897 g/mol. The fourth-order valence-corrected chi connectivity index (χ4v) is 6.25. The molecule has 0 spiro atoms. The molecule has 0 bridgehead atoms. The Morgan fingerprint density at radius 1 is 0.456 bits per heavy atom. The van der Waals surface area contributed by atoms with Gasteiger partial charge in [0.05, 0.1) is 0 Å². The van der Waals surface area contributed by atoms with Crippen molar-refractivity contribution in [1.82, 2.24) is 5.32 Å². The summed E-state index contributed by atoms with van der Waals surface area (Å²) in [6, 6.07) is 0. The van der Waals surface area contributed by atoms with Crippen LogP contribution in [0.15, 0.2) is 0 Å². The standard InChI is InChI=1S/C42H82NO4.C6H14.C3H8.Ru/c1-4-7-10-13-16-25-32-39-46-41(44)35-28-21-17-23-30-37-43-38-31-24-18-22-29-36-42(45)47-40(33-26-19-14-11-8-5-2)34-27-20-15-12-9-6-3;1-5(2)6(3)4;1-3-2;/h39-40,43H,4-38H2,1-3H3;5-6H,1-4H3;3H2,1-2H3;/q-1;;;+1. The topological polar surface area (TPSA) is 64.6 Å². The van der Waals surface area contributed by atoms with Crippen molar-refractivity contribution in [3.63, 3.8) is 0 Å². The predicted molar refractivity (Wildman–Crippen MR) is 248 cm³/mol. The van der Waals surface area contributed by atoms with E-state index in [1.807, 2.05) is 0 Å². The fourth-order valence-electron chi connectivity index (χ4n) is 6.25. The van der Waals surface area contributed by atoms with Gasteiger partial charge in [0.2, 0.25) is 0 Å². The van der Waals surface area contributed by atoms with E-state index in [1.165, 1.54) is 154 Å². The molecule has 0 atom stereocenters. The average Bonchev–Trinajstić information content (AvgIpc) is 3.17. The second-order valence-electron chi connectivity index (χ2n) is 17.4. The molecule has 1 radical (unpaired) electrons. The van der Waals surface area contributed by atoms with Crippen LogP contribution in [0.2, 0.25) is 0 Å². The number of rotatable bonds is 40. The van der Waals surface area contributed by atoms with Crippen molar-refractivity contribution < 1.29 is 38.5 Å². The van der Waals surface area contributed by atoms with Crippen molar-refractivity contribution in [1.29, 1.82) is 0 Å². The van der Waals surface area contributed by atoms with E-state index in [0.29, 0.717) is 12.8 Å². The van der Waals surface area contributed by atoms with Gasteiger partial charge in [-0.3, -0.25) is 9.59 Å². The molecule has 0 aromatic rings. The first-order valence-corrected chi connectivity index (χ1v) is 25.1. The van der Waals surface area contributed by atoms with Crippen LogP contribution in [-0.4, -0.2) is 31.1 Å². The van der Waals surface area contributed by atoms with Crippen molar-refractivity contribution >= 4 is 11.9 Å². The number of nitrogens with one attached hydrogen (secondary N) is 1. The van der Waals surface area contributed by atoms with Gasteiger partial charge < -0.3 is 14.8 Å². The van der Waals surface area contributed by atoms with Gasteiger partial charge in [0.25, 0.3) is 5.97 Å². The molecule has 0 aliphatic heterocycles. The number of esters is 2. The summed E-state index contributed by atoms with van der Waals surface area (Å²) in [7, 11) is 0. The Labute approximate surface area is 372 Å². The zero-order valence-electron chi connectivity index (χ0n) is 40.3. The summed E-state index contributed by atoms with van der Waals surface area (Å²) in [5.74, 6) is 1.67. The molecule has 1 N–H and O–H groups in total. The Morgan fingerprint density at radius 3 is 1.19 bits per heavy atom. The number of carbonyl (C=O) groups is 2. The predicted octanol–water partition coefficient (Wildman–Crippen LogP) is 16.8. The third-order valence-corrected chi connectivity index (χ3v) is 10.7. The molecule has 0 heterocycles. The molecule has 0 aliphatic carbocycles. The van der Waals surface area contributed by atoms with E-state index in [1.54, 1.807) is 6.61 Å². The summed E-state index contributed by atoms with van der Waals surface area (Å²) < 4.78 is 11.3. The van der Waals surface area contributed by atoms with Gasteiger partial charge in [-0.15, -0.1) is 6.42 Å². The molecule has 0 aromatic heterocycles. The summed E-state index contributed by atoms with van der Waals surface area (Å²) in [5, 5.41) is 3.58. The van der Waals surface area contributed by atoms with E-state index >= 15 is 0 Å². The number of carbonyl (C=O) groups excluding carboxylic acids is 2. The molecule has 0 amide bonds. The molecule has 57 heavy (non-hydrogen) atoms. The van der Waals surface area contributed by atoms with Crippen molar-refractivity contribution in [3.05, 3.63) is 6.61 Å². The Kier molecular flexibility index (Phi) is 61.5. The van der Waals surface area contributed by atoms with E-state index in [4.69, 9.17) is 9.47 Å². The van der Waals surface area contributed by atoms with Gasteiger partial charge in [-0.25, -0.2) is 0 Å². The van der Waals surface area contributed by atoms with Crippen LogP contribution in [0.3, 0.4) is 0 Å². The third kappa shape index (κ3) is 59.9. The summed E-state index contributed by atoms with van der Waals surface area (Å²) in [4.78, 5) is 24.4. The molecule has 0 saturated carbocycles. The van der Waals surface area contributed by atoms with Gasteiger partial charge >= 0.3 is 25.4 Å². The maximum absolute atomic E-state index is 12.6. The number of unbranched alkanes of at least 4 members (excludes halogenated alkanes) is 24. The molecule has 0 saturated heterocycles.